The molecule has 1 aromatic carbocycles. The van der Waals surface area contributed by atoms with Crippen molar-refractivity contribution in [3.63, 3.8) is 0 Å². The predicted molar refractivity (Wildman–Crippen MR) is 118 cm³/mol. The van der Waals surface area contributed by atoms with E-state index in [1.807, 2.05) is 12.2 Å². The minimum atomic E-state index is -2.02. The monoisotopic (exact) mass is 410 g/mol. The summed E-state index contributed by atoms with van der Waals surface area (Å²) in [5, 5.41) is 21.5. The van der Waals surface area contributed by atoms with Crippen LogP contribution < -0.4 is 0 Å². The molecule has 2 N–H and O–H groups in total. The Morgan fingerprint density at radius 3 is 2.55 bits per heavy atom. The van der Waals surface area contributed by atoms with Gasteiger partial charge in [0.1, 0.15) is 11.5 Å². The number of allylic oxidation sites excluding steroid dienone is 3. The van der Waals surface area contributed by atoms with Crippen molar-refractivity contribution in [3.8, 4) is 5.75 Å². The van der Waals surface area contributed by atoms with E-state index in [2.05, 4.69) is 33.9 Å². The smallest absolute Gasteiger partial charge is 0.197 e. The number of phenols is 1. The van der Waals surface area contributed by atoms with Crippen molar-refractivity contribution in [3.05, 3.63) is 58.2 Å². The summed E-state index contributed by atoms with van der Waals surface area (Å²) in [4.78, 5) is 13.2. The Labute approximate surface area is 173 Å². The highest BCUT2D eigenvalue weighted by Gasteiger charge is 2.46. The molecular weight excluding hydrogens is 380 g/mol. The second-order valence-corrected chi connectivity index (χ2v) is 14.7. The van der Waals surface area contributed by atoms with Gasteiger partial charge in [0, 0.05) is 22.6 Å². The van der Waals surface area contributed by atoms with Gasteiger partial charge in [-0.3, -0.25) is 4.79 Å². The third kappa shape index (κ3) is 3.11. The number of hydrogen-bond donors (Lipinski definition) is 2. The van der Waals surface area contributed by atoms with Crippen LogP contribution in [0.5, 0.6) is 5.75 Å². The molecule has 0 unspecified atom stereocenters. The average Bonchev–Trinajstić information content (AvgIpc) is 2.64. The van der Waals surface area contributed by atoms with Gasteiger partial charge >= 0.3 is 0 Å². The number of Topliss-reactive ketones (excluding diaryl/α,β-unsaturated/α-hetero) is 1. The van der Waals surface area contributed by atoms with Crippen LogP contribution >= 0.6 is 0 Å². The Morgan fingerprint density at radius 2 is 1.86 bits per heavy atom. The van der Waals surface area contributed by atoms with Crippen LogP contribution in [0.25, 0.3) is 5.76 Å². The molecule has 29 heavy (non-hydrogen) atoms. The minimum Gasteiger partial charge on any atom is -0.507 e. The van der Waals surface area contributed by atoms with Gasteiger partial charge in [-0.15, -0.1) is 0 Å². The first-order chi connectivity index (χ1) is 13.5. The summed E-state index contributed by atoms with van der Waals surface area (Å²) in [7, 11) is -2.02. The molecule has 0 amide bonds. The number of benzene rings is 1. The fraction of sp³-hybridized carbons (Fsp3) is 0.458. The molecule has 4 rings (SSSR count). The summed E-state index contributed by atoms with van der Waals surface area (Å²) in [6.07, 6.45) is 6.70. The molecule has 154 valence electrons. The Balaban J connectivity index is 1.84. The van der Waals surface area contributed by atoms with Crippen molar-refractivity contribution < 1.29 is 19.4 Å². The topological polar surface area (TPSA) is 66.8 Å². The second-order valence-electron chi connectivity index (χ2n) is 9.90. The van der Waals surface area contributed by atoms with E-state index in [-0.39, 0.29) is 39.9 Å². The normalized spacial score (nSPS) is 24.4. The Hall–Kier alpha value is -2.11. The summed E-state index contributed by atoms with van der Waals surface area (Å²) in [5.74, 6) is -0.329. The highest BCUT2D eigenvalue weighted by Crippen LogP contribution is 2.50. The maximum absolute atomic E-state index is 13.2. The van der Waals surface area contributed by atoms with Crippen molar-refractivity contribution in [2.75, 3.05) is 0 Å². The number of carbonyl (C=O) groups excluding carboxylic acids is 1. The number of phenolic OH excluding ortho intramolecular Hbond substituents is 1. The van der Waals surface area contributed by atoms with Crippen LogP contribution in [0.4, 0.5) is 0 Å². The Bertz CT molecular complexity index is 975. The maximum atomic E-state index is 13.2. The summed E-state index contributed by atoms with van der Waals surface area (Å²) in [5.41, 5.74) is 2.99. The van der Waals surface area contributed by atoms with E-state index >= 15 is 0 Å². The zero-order valence-corrected chi connectivity index (χ0v) is 18.9. The standard InChI is InChI=1S/C24H30O4Si/c1-24(2,3)29(4,5)28-18-11-6-8-14-12-13-16-21(19(14)18)23(27)15-9-7-10-17(25)20(15)22(16)26/h7,9-10,12-13,18-19,25,27H,6,8,11H2,1-5H3/t18-,19-/m1/s1. The summed E-state index contributed by atoms with van der Waals surface area (Å²) < 4.78 is 6.82. The van der Waals surface area contributed by atoms with E-state index < -0.39 is 8.32 Å². The third-order valence-corrected chi connectivity index (χ3v) is 11.6. The molecule has 0 aromatic heterocycles. The van der Waals surface area contributed by atoms with Crippen LogP contribution in [-0.2, 0) is 4.43 Å². The number of carbonyl (C=O) groups is 1. The van der Waals surface area contributed by atoms with Gasteiger partial charge in [0.05, 0.1) is 11.7 Å². The van der Waals surface area contributed by atoms with Crippen LogP contribution in [0.2, 0.25) is 18.1 Å². The van der Waals surface area contributed by atoms with Crippen LogP contribution in [-0.4, -0.2) is 30.4 Å². The summed E-state index contributed by atoms with van der Waals surface area (Å²) in [6, 6.07) is 4.86. The Kier molecular flexibility index (Phi) is 4.67. The second kappa shape index (κ2) is 6.71. The fourth-order valence-electron chi connectivity index (χ4n) is 4.49. The van der Waals surface area contributed by atoms with E-state index in [9.17, 15) is 15.0 Å². The molecular formula is C24H30O4Si. The number of aromatic hydroxyl groups is 1. The largest absolute Gasteiger partial charge is 0.507 e. The Morgan fingerprint density at radius 1 is 1.14 bits per heavy atom. The molecule has 3 aliphatic rings. The zero-order chi connectivity index (χ0) is 21.1. The maximum Gasteiger partial charge on any atom is 0.197 e. The molecule has 0 bridgehead atoms. The molecule has 5 heteroatoms. The fourth-order valence-corrected chi connectivity index (χ4v) is 5.85. The minimum absolute atomic E-state index is 0.0524. The summed E-state index contributed by atoms with van der Waals surface area (Å²) in [6.45, 7) is 11.2. The van der Waals surface area contributed by atoms with E-state index in [1.165, 1.54) is 11.6 Å². The van der Waals surface area contributed by atoms with E-state index in [0.29, 0.717) is 16.7 Å². The van der Waals surface area contributed by atoms with Crippen LogP contribution in [0.1, 0.15) is 56.0 Å². The lowest BCUT2D eigenvalue weighted by atomic mass is 9.68. The van der Waals surface area contributed by atoms with Gasteiger partial charge in [0.25, 0.3) is 0 Å². The molecule has 4 nitrogen and oxygen atoms in total. The average molecular weight is 411 g/mol. The molecule has 1 aromatic rings. The molecule has 0 heterocycles. The van der Waals surface area contributed by atoms with E-state index in [4.69, 9.17) is 4.43 Å². The van der Waals surface area contributed by atoms with Gasteiger partial charge in [0.2, 0.25) is 0 Å². The van der Waals surface area contributed by atoms with Crippen molar-refractivity contribution in [1.29, 1.82) is 0 Å². The lowest BCUT2D eigenvalue weighted by Crippen LogP contribution is -2.48. The predicted octanol–water partition coefficient (Wildman–Crippen LogP) is 5.91. The quantitative estimate of drug-likeness (QED) is 0.594. The first-order valence-electron chi connectivity index (χ1n) is 10.4. The molecule has 1 saturated carbocycles. The number of ketones is 1. The van der Waals surface area contributed by atoms with Crippen molar-refractivity contribution >= 4 is 19.9 Å². The van der Waals surface area contributed by atoms with Crippen molar-refractivity contribution in [2.45, 2.75) is 64.3 Å². The van der Waals surface area contributed by atoms with Gasteiger partial charge < -0.3 is 14.6 Å². The van der Waals surface area contributed by atoms with E-state index in [1.54, 1.807) is 12.1 Å². The number of hydrogen-bond acceptors (Lipinski definition) is 4. The van der Waals surface area contributed by atoms with Crippen LogP contribution in [0.3, 0.4) is 0 Å². The number of fused-ring (bicyclic) bond motifs is 4. The number of aliphatic hydroxyl groups excluding tert-OH is 1. The van der Waals surface area contributed by atoms with Crippen molar-refractivity contribution in [1.82, 2.24) is 0 Å². The molecule has 0 aliphatic heterocycles. The van der Waals surface area contributed by atoms with Crippen LogP contribution in [0.15, 0.2) is 47.1 Å². The third-order valence-electron chi connectivity index (χ3n) is 7.07. The van der Waals surface area contributed by atoms with Crippen molar-refractivity contribution in [2.24, 2.45) is 5.92 Å². The van der Waals surface area contributed by atoms with Gasteiger partial charge in [-0.25, -0.2) is 0 Å². The van der Waals surface area contributed by atoms with E-state index in [0.717, 1.165) is 19.3 Å². The lowest BCUT2D eigenvalue weighted by molar-refractivity contribution is 0.101. The van der Waals surface area contributed by atoms with Gasteiger partial charge in [-0.1, -0.05) is 50.6 Å². The molecule has 3 aliphatic carbocycles. The molecule has 0 spiro atoms. The first-order valence-corrected chi connectivity index (χ1v) is 13.3. The molecule has 2 atom stereocenters. The highest BCUT2D eigenvalue weighted by molar-refractivity contribution is 6.74. The SMILES string of the molecule is CC(C)(C)[Si](C)(C)O[C@@H]1CCCC2=CC=C3C(=O)c4c(O)cccc4C(O)=C3[C@H]21. The van der Waals surface area contributed by atoms with Gasteiger partial charge in [-0.2, -0.15) is 0 Å². The lowest BCUT2D eigenvalue weighted by Gasteiger charge is -2.45. The van der Waals surface area contributed by atoms with Gasteiger partial charge in [-0.05, 0) is 43.5 Å². The number of aliphatic hydroxyl groups is 1. The molecule has 0 saturated heterocycles. The first kappa shape index (κ1) is 20.2. The van der Waals surface area contributed by atoms with Crippen LogP contribution in [0, 0.1) is 5.92 Å². The molecule has 1 fully saturated rings. The van der Waals surface area contributed by atoms with Gasteiger partial charge in [0.15, 0.2) is 14.1 Å². The molecule has 0 radical (unpaired) electrons. The summed E-state index contributed by atoms with van der Waals surface area (Å²) >= 11 is 0. The highest BCUT2D eigenvalue weighted by atomic mass is 28.4. The zero-order valence-electron chi connectivity index (χ0n) is 17.9. The number of rotatable bonds is 2.